The van der Waals surface area contributed by atoms with E-state index < -0.39 is 11.7 Å². The minimum absolute atomic E-state index is 0.190. The van der Waals surface area contributed by atoms with Crippen LogP contribution in [0.3, 0.4) is 0 Å². The van der Waals surface area contributed by atoms with E-state index in [0.29, 0.717) is 12.0 Å². The molecular formula is C35H44N2O4. The fourth-order valence-corrected chi connectivity index (χ4v) is 5.68. The van der Waals surface area contributed by atoms with E-state index in [1.165, 1.54) is 11.3 Å². The first-order chi connectivity index (χ1) is 19.6. The molecule has 6 nitrogen and oxygen atoms in total. The largest absolute Gasteiger partial charge is 0.489 e. The SMILES string of the molecule is CCc1ccccc1OCc1cc(-c2cccc(C(C)NC(=O)OC(C)(C)C)c2)cc(N2CCC3(CC2)COC3)c1. The van der Waals surface area contributed by atoms with E-state index in [4.69, 9.17) is 14.2 Å². The highest BCUT2D eigenvalue weighted by molar-refractivity contribution is 5.72. The summed E-state index contributed by atoms with van der Waals surface area (Å²) < 4.78 is 17.4. The molecule has 2 saturated heterocycles. The van der Waals surface area contributed by atoms with Crippen LogP contribution in [0, 0.1) is 5.41 Å². The summed E-state index contributed by atoms with van der Waals surface area (Å²) in [4.78, 5) is 14.9. The van der Waals surface area contributed by atoms with Gasteiger partial charge in [-0.2, -0.15) is 0 Å². The maximum atomic E-state index is 12.4. The average molecular weight is 557 g/mol. The van der Waals surface area contributed by atoms with Crippen molar-refractivity contribution in [3.8, 4) is 16.9 Å². The van der Waals surface area contributed by atoms with Gasteiger partial charge in [0.1, 0.15) is 18.0 Å². The van der Waals surface area contributed by atoms with Crippen LogP contribution < -0.4 is 15.0 Å². The third-order valence-corrected chi connectivity index (χ3v) is 8.18. The number of amides is 1. The molecule has 0 radical (unpaired) electrons. The fraction of sp³-hybridized carbons (Fsp3) is 0.457. The van der Waals surface area contributed by atoms with Crippen LogP contribution in [0.4, 0.5) is 10.5 Å². The Balaban J connectivity index is 1.40. The molecule has 6 heteroatoms. The number of carbonyl (C=O) groups is 1. The van der Waals surface area contributed by atoms with E-state index >= 15 is 0 Å². The average Bonchev–Trinajstić information content (AvgIpc) is 2.94. The molecule has 2 aliphatic heterocycles. The van der Waals surface area contributed by atoms with E-state index in [2.05, 4.69) is 71.7 Å². The Hall–Kier alpha value is -3.51. The minimum atomic E-state index is -0.540. The summed E-state index contributed by atoms with van der Waals surface area (Å²) in [5, 5.41) is 2.97. The van der Waals surface area contributed by atoms with Crippen molar-refractivity contribution in [2.45, 2.75) is 72.1 Å². The van der Waals surface area contributed by atoms with E-state index in [1.807, 2.05) is 39.8 Å². The van der Waals surface area contributed by atoms with Crippen LogP contribution >= 0.6 is 0 Å². The molecule has 1 amide bonds. The molecular weight excluding hydrogens is 512 g/mol. The summed E-state index contributed by atoms with van der Waals surface area (Å²) in [5.41, 5.74) is 6.70. The van der Waals surface area contributed by atoms with Crippen LogP contribution in [0.15, 0.2) is 66.7 Å². The molecule has 2 heterocycles. The second-order valence-corrected chi connectivity index (χ2v) is 12.6. The van der Waals surface area contributed by atoms with Gasteiger partial charge in [0.15, 0.2) is 0 Å². The van der Waals surface area contributed by atoms with Gasteiger partial charge >= 0.3 is 6.09 Å². The summed E-state index contributed by atoms with van der Waals surface area (Å²) in [6, 6.07) is 23.3. The van der Waals surface area contributed by atoms with Crippen molar-refractivity contribution in [3.05, 3.63) is 83.4 Å². The number of ether oxygens (including phenoxy) is 3. The summed E-state index contributed by atoms with van der Waals surface area (Å²) in [6.07, 6.45) is 2.85. The van der Waals surface area contributed by atoms with E-state index in [1.54, 1.807) is 0 Å². The molecule has 1 spiro atoms. The third-order valence-electron chi connectivity index (χ3n) is 8.18. The van der Waals surface area contributed by atoms with Gasteiger partial charge in [-0.3, -0.25) is 0 Å². The number of piperidine rings is 1. The lowest BCUT2D eigenvalue weighted by Crippen LogP contribution is -2.50. The normalized spacial score (nSPS) is 17.0. The molecule has 1 N–H and O–H groups in total. The fourth-order valence-electron chi connectivity index (χ4n) is 5.68. The van der Waals surface area contributed by atoms with Gasteiger partial charge < -0.3 is 24.4 Å². The van der Waals surface area contributed by atoms with E-state index in [9.17, 15) is 4.79 Å². The van der Waals surface area contributed by atoms with Crippen molar-refractivity contribution in [1.29, 1.82) is 0 Å². The molecule has 5 rings (SSSR count). The van der Waals surface area contributed by atoms with Gasteiger partial charge in [0, 0.05) is 24.2 Å². The molecule has 0 bridgehead atoms. The highest BCUT2D eigenvalue weighted by Crippen LogP contribution is 2.40. The first-order valence-corrected chi connectivity index (χ1v) is 14.9. The Labute approximate surface area is 245 Å². The number of alkyl carbamates (subject to hydrolysis) is 1. The number of hydrogen-bond donors (Lipinski definition) is 1. The zero-order valence-electron chi connectivity index (χ0n) is 25.2. The van der Waals surface area contributed by atoms with Crippen LogP contribution in [0.5, 0.6) is 5.75 Å². The van der Waals surface area contributed by atoms with Gasteiger partial charge in [-0.05, 0) is 105 Å². The van der Waals surface area contributed by atoms with Crippen LogP contribution in [0.2, 0.25) is 0 Å². The number of nitrogens with zero attached hydrogens (tertiary/aromatic N) is 1. The van der Waals surface area contributed by atoms with Crippen molar-refractivity contribution in [3.63, 3.8) is 0 Å². The Bertz CT molecular complexity index is 1350. The first kappa shape index (κ1) is 29.0. The highest BCUT2D eigenvalue weighted by atomic mass is 16.6. The van der Waals surface area contributed by atoms with Crippen molar-refractivity contribution in [1.82, 2.24) is 5.32 Å². The molecule has 2 aliphatic rings. The van der Waals surface area contributed by atoms with Crippen molar-refractivity contribution in [2.75, 3.05) is 31.2 Å². The van der Waals surface area contributed by atoms with E-state index in [0.717, 1.165) is 73.6 Å². The summed E-state index contributed by atoms with van der Waals surface area (Å²) >= 11 is 0. The number of hydrogen-bond acceptors (Lipinski definition) is 5. The Morgan fingerprint density at radius 3 is 2.44 bits per heavy atom. The van der Waals surface area contributed by atoms with Crippen LogP contribution in [-0.2, 0) is 22.5 Å². The molecule has 0 aliphatic carbocycles. The third kappa shape index (κ3) is 7.23. The van der Waals surface area contributed by atoms with Gasteiger partial charge in [-0.25, -0.2) is 4.79 Å². The first-order valence-electron chi connectivity index (χ1n) is 14.9. The maximum absolute atomic E-state index is 12.4. The summed E-state index contributed by atoms with van der Waals surface area (Å²) in [7, 11) is 0. The summed E-state index contributed by atoms with van der Waals surface area (Å²) in [5.74, 6) is 0.941. The second kappa shape index (κ2) is 12.2. The molecule has 3 aromatic rings. The summed E-state index contributed by atoms with van der Waals surface area (Å²) in [6.45, 7) is 14.1. The number of nitrogens with one attached hydrogen (secondary N) is 1. The number of aryl methyl sites for hydroxylation is 1. The smallest absolute Gasteiger partial charge is 0.408 e. The second-order valence-electron chi connectivity index (χ2n) is 12.6. The van der Waals surface area contributed by atoms with Gasteiger partial charge in [0.05, 0.1) is 19.3 Å². The van der Waals surface area contributed by atoms with Crippen molar-refractivity contribution < 1.29 is 19.0 Å². The number of anilines is 1. The molecule has 0 saturated carbocycles. The van der Waals surface area contributed by atoms with Gasteiger partial charge in [0.25, 0.3) is 0 Å². The molecule has 1 unspecified atom stereocenters. The van der Waals surface area contributed by atoms with Crippen molar-refractivity contribution >= 4 is 11.8 Å². The predicted octanol–water partition coefficient (Wildman–Crippen LogP) is 7.70. The van der Waals surface area contributed by atoms with Crippen LogP contribution in [0.25, 0.3) is 11.1 Å². The number of rotatable bonds is 8. The lowest BCUT2D eigenvalue weighted by atomic mass is 9.76. The molecule has 3 aromatic carbocycles. The van der Waals surface area contributed by atoms with Crippen LogP contribution in [-0.4, -0.2) is 38.0 Å². The number of carbonyl (C=O) groups excluding carboxylic acids is 1. The minimum Gasteiger partial charge on any atom is -0.489 e. The zero-order chi connectivity index (χ0) is 29.0. The molecule has 218 valence electrons. The van der Waals surface area contributed by atoms with Crippen molar-refractivity contribution in [2.24, 2.45) is 5.41 Å². The Kier molecular flexibility index (Phi) is 8.60. The molecule has 1 atom stereocenters. The van der Waals surface area contributed by atoms with Gasteiger partial charge in [-0.1, -0.05) is 43.3 Å². The van der Waals surface area contributed by atoms with E-state index in [-0.39, 0.29) is 6.04 Å². The molecule has 41 heavy (non-hydrogen) atoms. The number of benzene rings is 3. The Morgan fingerprint density at radius 2 is 1.76 bits per heavy atom. The topological polar surface area (TPSA) is 60.0 Å². The monoisotopic (exact) mass is 556 g/mol. The van der Waals surface area contributed by atoms with Gasteiger partial charge in [0.2, 0.25) is 0 Å². The zero-order valence-corrected chi connectivity index (χ0v) is 25.2. The lowest BCUT2D eigenvalue weighted by Gasteiger charge is -2.48. The Morgan fingerprint density at radius 1 is 1.00 bits per heavy atom. The highest BCUT2D eigenvalue weighted by Gasteiger charge is 2.41. The quantitative estimate of drug-likeness (QED) is 0.308. The maximum Gasteiger partial charge on any atom is 0.408 e. The molecule has 2 fully saturated rings. The van der Waals surface area contributed by atoms with Crippen LogP contribution in [0.1, 0.15) is 70.2 Å². The molecule has 0 aromatic heterocycles. The standard InChI is InChI=1S/C35H44N2O4/c1-6-27-10-7-8-13-32(27)40-22-26-18-30(21-31(19-26)37-16-14-35(15-17-37)23-39-24-35)29-12-9-11-28(20-29)25(2)36-33(38)41-34(3,4)5/h7-13,18-21,25H,6,14-17,22-24H2,1-5H3,(H,36,38). The predicted molar refractivity (Wildman–Crippen MR) is 165 cm³/mol. The number of para-hydroxylation sites is 1. The lowest BCUT2D eigenvalue weighted by molar-refractivity contribution is -0.124. The van der Waals surface area contributed by atoms with Gasteiger partial charge in [-0.15, -0.1) is 0 Å².